The van der Waals surface area contributed by atoms with E-state index in [-0.39, 0.29) is 10.8 Å². The van der Waals surface area contributed by atoms with Gasteiger partial charge < -0.3 is 4.90 Å². The maximum Gasteiger partial charge on any atom is 0.0462 e. The number of nitrogens with zero attached hydrogens (tertiary/aromatic N) is 1. The highest BCUT2D eigenvalue weighted by molar-refractivity contribution is 6.27. The summed E-state index contributed by atoms with van der Waals surface area (Å²) < 4.78 is 0. The number of rotatable bonds is 5. The largest absolute Gasteiger partial charge is 0.311 e. The van der Waals surface area contributed by atoms with Crippen LogP contribution >= 0.6 is 0 Å². The molecule has 0 heterocycles. The van der Waals surface area contributed by atoms with Crippen molar-refractivity contribution in [1.29, 1.82) is 0 Å². The summed E-state index contributed by atoms with van der Waals surface area (Å²) in [6.07, 6.45) is 0. The van der Waals surface area contributed by atoms with Crippen molar-refractivity contribution < 1.29 is 0 Å². The van der Waals surface area contributed by atoms with E-state index in [1.807, 2.05) is 0 Å². The van der Waals surface area contributed by atoms with Crippen molar-refractivity contribution in [2.24, 2.45) is 0 Å². The molecule has 284 valence electrons. The molecule has 0 saturated carbocycles. The van der Waals surface area contributed by atoms with E-state index in [9.17, 15) is 0 Å². The quantitative estimate of drug-likeness (QED) is 0.158. The first-order valence-electron chi connectivity index (χ1n) is 21.0. The second-order valence-corrected chi connectivity index (χ2v) is 18.7. The van der Waals surface area contributed by atoms with Crippen molar-refractivity contribution in [3.05, 3.63) is 187 Å². The summed E-state index contributed by atoms with van der Waals surface area (Å²) in [6, 6.07) is 66.5. The van der Waals surface area contributed by atoms with Crippen LogP contribution in [0, 0.1) is 0 Å². The molecule has 11 aromatic rings. The smallest absolute Gasteiger partial charge is 0.0462 e. The highest BCUT2D eigenvalue weighted by Gasteiger charge is 2.20. The maximum absolute atomic E-state index is 2.40. The molecule has 11 rings (SSSR count). The molecule has 0 aromatic heterocycles. The second kappa shape index (κ2) is 12.9. The van der Waals surface area contributed by atoms with E-state index in [0.717, 1.165) is 17.1 Å². The number of benzene rings is 11. The van der Waals surface area contributed by atoms with Gasteiger partial charge in [0.15, 0.2) is 0 Å². The monoisotopic (exact) mass is 757 g/mol. The van der Waals surface area contributed by atoms with Crippen LogP contribution in [0.15, 0.2) is 176 Å². The molecule has 0 atom stereocenters. The van der Waals surface area contributed by atoms with E-state index < -0.39 is 0 Å². The SMILES string of the molecule is CC(C)(C)c1ccc(N(c2ccc(-c3cc4ccc5cc(-c6ccc7ccc8cccc9ccc6c7c89)cc6ccc(c3)c4c56)cc2)c2ccc(C(C)(C)C)cc2)cc1. The Morgan fingerprint density at radius 1 is 0.305 bits per heavy atom. The molecule has 0 saturated heterocycles. The summed E-state index contributed by atoms with van der Waals surface area (Å²) in [5, 5.41) is 15.7. The summed E-state index contributed by atoms with van der Waals surface area (Å²) in [5.74, 6) is 0. The van der Waals surface area contributed by atoms with Gasteiger partial charge in [-0.15, -0.1) is 0 Å². The van der Waals surface area contributed by atoms with Crippen molar-refractivity contribution in [3.8, 4) is 22.3 Å². The topological polar surface area (TPSA) is 3.24 Å². The number of hydrogen-bond acceptors (Lipinski definition) is 1. The summed E-state index contributed by atoms with van der Waals surface area (Å²) in [4.78, 5) is 2.38. The fourth-order valence-corrected chi connectivity index (χ4v) is 9.62. The molecule has 0 unspecified atom stereocenters. The Bertz CT molecular complexity index is 3220. The van der Waals surface area contributed by atoms with Gasteiger partial charge in [0.2, 0.25) is 0 Å². The lowest BCUT2D eigenvalue weighted by atomic mass is 9.86. The average molecular weight is 758 g/mol. The van der Waals surface area contributed by atoms with Crippen LogP contribution in [0.1, 0.15) is 52.7 Å². The van der Waals surface area contributed by atoms with E-state index in [2.05, 4.69) is 222 Å². The molecule has 0 aliphatic carbocycles. The normalized spacial score (nSPS) is 12.6. The Balaban J connectivity index is 0.973. The fraction of sp³-hybridized carbons (Fsp3) is 0.138. The molecular weight excluding hydrogens is 711 g/mol. The molecule has 0 amide bonds. The van der Waals surface area contributed by atoms with Gasteiger partial charge in [0.1, 0.15) is 0 Å². The molecule has 0 spiro atoms. The van der Waals surface area contributed by atoms with Crippen LogP contribution in [0.2, 0.25) is 0 Å². The van der Waals surface area contributed by atoms with Crippen LogP contribution in [-0.4, -0.2) is 0 Å². The lowest BCUT2D eigenvalue weighted by molar-refractivity contribution is 0.590. The molecule has 0 fully saturated rings. The van der Waals surface area contributed by atoms with Gasteiger partial charge in [-0.05, 0) is 170 Å². The summed E-state index contributed by atoms with van der Waals surface area (Å²) in [5.41, 5.74) is 11.3. The first-order valence-corrected chi connectivity index (χ1v) is 21.0. The summed E-state index contributed by atoms with van der Waals surface area (Å²) in [6.45, 7) is 13.6. The molecule has 0 aliphatic heterocycles. The molecule has 1 nitrogen and oxygen atoms in total. The standard InChI is InChI=1S/C58H47N/c1-57(2,3)46-20-26-49(27-21-46)59(50-28-22-47(23-29-50)58(4,5)6)48-24-16-36(17-25-48)44-32-40-12-14-42-34-45(35-43-15-13-41(33-44)54(40)55(42)43)51-30-18-39-11-10-37-8-7-9-38-19-31-52(51)56(39)53(37)38/h7-35H,1-6H3. The van der Waals surface area contributed by atoms with E-state index in [1.165, 1.54) is 98.0 Å². The molecule has 0 bridgehead atoms. The molecule has 0 aliphatic rings. The summed E-state index contributed by atoms with van der Waals surface area (Å²) >= 11 is 0. The van der Waals surface area contributed by atoms with Gasteiger partial charge in [-0.1, -0.05) is 157 Å². The maximum atomic E-state index is 2.40. The molecule has 11 aromatic carbocycles. The minimum absolute atomic E-state index is 0.0939. The molecule has 59 heavy (non-hydrogen) atoms. The zero-order valence-electron chi connectivity index (χ0n) is 34.7. The Kier molecular flexibility index (Phi) is 7.75. The number of anilines is 3. The van der Waals surface area contributed by atoms with Crippen LogP contribution in [0.5, 0.6) is 0 Å². The molecule has 1 heteroatoms. The molecular formula is C58H47N. The Morgan fingerprint density at radius 3 is 1.15 bits per heavy atom. The van der Waals surface area contributed by atoms with Gasteiger partial charge in [0.25, 0.3) is 0 Å². The predicted molar refractivity (Wildman–Crippen MR) is 257 cm³/mol. The highest BCUT2D eigenvalue weighted by atomic mass is 15.1. The number of hydrogen-bond donors (Lipinski definition) is 0. The van der Waals surface area contributed by atoms with Gasteiger partial charge in [-0.3, -0.25) is 0 Å². The Labute approximate surface area is 346 Å². The fourth-order valence-electron chi connectivity index (χ4n) is 9.62. The first kappa shape index (κ1) is 35.5. The molecule has 0 N–H and O–H groups in total. The third kappa shape index (κ3) is 5.83. The van der Waals surface area contributed by atoms with Crippen LogP contribution in [0.3, 0.4) is 0 Å². The highest BCUT2D eigenvalue weighted by Crippen LogP contribution is 2.44. The van der Waals surface area contributed by atoms with Crippen LogP contribution < -0.4 is 4.90 Å². The van der Waals surface area contributed by atoms with Crippen molar-refractivity contribution in [1.82, 2.24) is 0 Å². The second-order valence-electron chi connectivity index (χ2n) is 18.7. The van der Waals surface area contributed by atoms with Gasteiger partial charge in [-0.2, -0.15) is 0 Å². The van der Waals surface area contributed by atoms with Crippen molar-refractivity contribution >= 4 is 81.7 Å². The lowest BCUT2D eigenvalue weighted by Gasteiger charge is -2.28. The predicted octanol–water partition coefficient (Wildman–Crippen LogP) is 16.9. The van der Waals surface area contributed by atoms with E-state index in [1.54, 1.807) is 0 Å². The van der Waals surface area contributed by atoms with Gasteiger partial charge in [-0.25, -0.2) is 0 Å². The van der Waals surface area contributed by atoms with Crippen molar-refractivity contribution in [3.63, 3.8) is 0 Å². The van der Waals surface area contributed by atoms with E-state index in [0.29, 0.717) is 0 Å². The van der Waals surface area contributed by atoms with E-state index >= 15 is 0 Å². The summed E-state index contributed by atoms with van der Waals surface area (Å²) in [7, 11) is 0. The van der Waals surface area contributed by atoms with Gasteiger partial charge >= 0.3 is 0 Å². The van der Waals surface area contributed by atoms with Crippen LogP contribution in [0.25, 0.3) is 86.9 Å². The average Bonchev–Trinajstić information content (AvgIpc) is 3.24. The third-order valence-corrected chi connectivity index (χ3v) is 12.8. The zero-order valence-corrected chi connectivity index (χ0v) is 34.7. The van der Waals surface area contributed by atoms with Crippen LogP contribution in [0.4, 0.5) is 17.1 Å². The van der Waals surface area contributed by atoms with Crippen molar-refractivity contribution in [2.75, 3.05) is 4.90 Å². The minimum Gasteiger partial charge on any atom is -0.311 e. The Hall–Kier alpha value is -6.70. The third-order valence-electron chi connectivity index (χ3n) is 12.8. The minimum atomic E-state index is 0.0939. The lowest BCUT2D eigenvalue weighted by Crippen LogP contribution is -2.14. The van der Waals surface area contributed by atoms with E-state index in [4.69, 9.17) is 0 Å². The zero-order chi connectivity index (χ0) is 40.2. The Morgan fingerprint density at radius 2 is 0.678 bits per heavy atom. The van der Waals surface area contributed by atoms with Gasteiger partial charge in [0, 0.05) is 17.1 Å². The molecule has 0 radical (unpaired) electrons. The van der Waals surface area contributed by atoms with Gasteiger partial charge in [0.05, 0.1) is 0 Å². The first-order chi connectivity index (χ1) is 28.5. The van der Waals surface area contributed by atoms with Crippen LogP contribution in [-0.2, 0) is 10.8 Å². The van der Waals surface area contributed by atoms with Crippen molar-refractivity contribution in [2.45, 2.75) is 52.4 Å².